The van der Waals surface area contributed by atoms with Crippen molar-refractivity contribution in [2.45, 2.75) is 19.3 Å². The van der Waals surface area contributed by atoms with Crippen LogP contribution in [0.4, 0.5) is 15.8 Å². The number of nitrogen functional groups attached to an aromatic ring is 1. The molecular formula is C12H16BrFN2. The predicted molar refractivity (Wildman–Crippen MR) is 69.1 cm³/mol. The maximum atomic E-state index is 13.4. The minimum atomic E-state index is -0.260. The quantitative estimate of drug-likeness (QED) is 0.863. The lowest BCUT2D eigenvalue weighted by atomic mass is 9.85. The second kappa shape index (κ2) is 4.62. The standard InChI is InChI=1S/C12H16BrFN2/c1-16(7-8-3-2-4-8)12-6-10(14)9(13)5-11(12)15/h5-6,8H,2-4,7,15H2,1H3. The molecule has 1 aliphatic carbocycles. The summed E-state index contributed by atoms with van der Waals surface area (Å²) in [6, 6.07) is 3.13. The zero-order chi connectivity index (χ0) is 11.7. The molecule has 1 saturated carbocycles. The molecule has 0 unspecified atom stereocenters. The van der Waals surface area contributed by atoms with E-state index in [1.165, 1.54) is 25.3 Å². The Morgan fingerprint density at radius 1 is 1.50 bits per heavy atom. The lowest BCUT2D eigenvalue weighted by molar-refractivity contribution is 0.321. The lowest BCUT2D eigenvalue weighted by Gasteiger charge is -2.31. The molecule has 2 N–H and O–H groups in total. The van der Waals surface area contributed by atoms with Crippen LogP contribution in [0.25, 0.3) is 0 Å². The van der Waals surface area contributed by atoms with Gasteiger partial charge < -0.3 is 10.6 Å². The zero-order valence-electron chi connectivity index (χ0n) is 9.34. The smallest absolute Gasteiger partial charge is 0.139 e. The Kier molecular flexibility index (Phi) is 3.38. The number of hydrogen-bond donors (Lipinski definition) is 1. The first-order chi connectivity index (χ1) is 7.58. The topological polar surface area (TPSA) is 29.3 Å². The third kappa shape index (κ3) is 2.32. The van der Waals surface area contributed by atoms with Gasteiger partial charge in [0, 0.05) is 19.7 Å². The SMILES string of the molecule is CN(CC1CCC1)c1cc(F)c(Br)cc1N. The Labute approximate surface area is 104 Å². The molecule has 0 bridgehead atoms. The van der Waals surface area contributed by atoms with E-state index in [2.05, 4.69) is 20.8 Å². The van der Waals surface area contributed by atoms with Crippen LogP contribution in [-0.4, -0.2) is 13.6 Å². The maximum Gasteiger partial charge on any atom is 0.139 e. The summed E-state index contributed by atoms with van der Waals surface area (Å²) in [5, 5.41) is 0. The number of hydrogen-bond acceptors (Lipinski definition) is 2. The summed E-state index contributed by atoms with van der Waals surface area (Å²) in [6.45, 7) is 0.964. The van der Waals surface area contributed by atoms with Crippen molar-refractivity contribution in [3.05, 3.63) is 22.4 Å². The molecule has 2 rings (SSSR count). The van der Waals surface area contributed by atoms with Crippen LogP contribution < -0.4 is 10.6 Å². The van der Waals surface area contributed by atoms with E-state index in [0.29, 0.717) is 10.2 Å². The van der Waals surface area contributed by atoms with Crippen LogP contribution in [-0.2, 0) is 0 Å². The van der Waals surface area contributed by atoms with Crippen molar-refractivity contribution in [1.29, 1.82) is 0 Å². The van der Waals surface area contributed by atoms with E-state index in [0.717, 1.165) is 18.2 Å². The molecule has 1 aliphatic rings. The van der Waals surface area contributed by atoms with Crippen molar-refractivity contribution >= 4 is 27.3 Å². The predicted octanol–water partition coefficient (Wildman–Crippen LogP) is 3.41. The summed E-state index contributed by atoms with van der Waals surface area (Å²) in [7, 11) is 1.97. The Morgan fingerprint density at radius 3 is 2.75 bits per heavy atom. The molecule has 4 heteroatoms. The molecule has 0 atom stereocenters. The van der Waals surface area contributed by atoms with Crippen molar-refractivity contribution in [1.82, 2.24) is 0 Å². The van der Waals surface area contributed by atoms with Gasteiger partial charge in [-0.25, -0.2) is 4.39 Å². The molecule has 0 saturated heterocycles. The normalized spacial score (nSPS) is 15.9. The molecule has 16 heavy (non-hydrogen) atoms. The number of benzene rings is 1. The molecule has 0 spiro atoms. The van der Waals surface area contributed by atoms with Crippen molar-refractivity contribution in [2.24, 2.45) is 5.92 Å². The minimum Gasteiger partial charge on any atom is -0.397 e. The van der Waals surface area contributed by atoms with Gasteiger partial charge in [0.05, 0.1) is 15.8 Å². The van der Waals surface area contributed by atoms with E-state index < -0.39 is 0 Å². The third-order valence-corrected chi connectivity index (χ3v) is 3.85. The number of halogens is 2. The van der Waals surface area contributed by atoms with Crippen LogP contribution in [0.5, 0.6) is 0 Å². The first-order valence-corrected chi connectivity index (χ1v) is 6.33. The number of rotatable bonds is 3. The van der Waals surface area contributed by atoms with Gasteiger partial charge in [-0.05, 0) is 40.8 Å². The molecule has 88 valence electrons. The van der Waals surface area contributed by atoms with Crippen LogP contribution >= 0.6 is 15.9 Å². The summed E-state index contributed by atoms with van der Waals surface area (Å²) in [4.78, 5) is 2.05. The first kappa shape index (κ1) is 11.7. The summed E-state index contributed by atoms with van der Waals surface area (Å²) in [5.74, 6) is 0.487. The van der Waals surface area contributed by atoms with Crippen molar-refractivity contribution < 1.29 is 4.39 Å². The lowest BCUT2D eigenvalue weighted by Crippen LogP contribution is -2.29. The van der Waals surface area contributed by atoms with Crippen molar-refractivity contribution in [3.63, 3.8) is 0 Å². The van der Waals surface area contributed by atoms with Crippen LogP contribution in [0.1, 0.15) is 19.3 Å². The van der Waals surface area contributed by atoms with E-state index in [1.54, 1.807) is 6.07 Å². The Balaban J connectivity index is 2.14. The molecule has 2 nitrogen and oxygen atoms in total. The number of nitrogens with two attached hydrogens (primary N) is 1. The van der Waals surface area contributed by atoms with Crippen LogP contribution in [0.2, 0.25) is 0 Å². The van der Waals surface area contributed by atoms with E-state index >= 15 is 0 Å². The molecular weight excluding hydrogens is 271 g/mol. The highest BCUT2D eigenvalue weighted by Crippen LogP contribution is 2.32. The second-order valence-electron chi connectivity index (χ2n) is 4.50. The van der Waals surface area contributed by atoms with E-state index in [-0.39, 0.29) is 5.82 Å². The van der Waals surface area contributed by atoms with Crippen molar-refractivity contribution in [2.75, 3.05) is 24.2 Å². The van der Waals surface area contributed by atoms with Gasteiger partial charge in [0.25, 0.3) is 0 Å². The molecule has 0 aromatic heterocycles. The third-order valence-electron chi connectivity index (χ3n) is 3.24. The molecule has 1 aromatic rings. The highest BCUT2D eigenvalue weighted by molar-refractivity contribution is 9.10. The van der Waals surface area contributed by atoms with Crippen LogP contribution in [0, 0.1) is 11.7 Å². The van der Waals surface area contributed by atoms with Crippen LogP contribution in [0.15, 0.2) is 16.6 Å². The van der Waals surface area contributed by atoms with Crippen LogP contribution in [0.3, 0.4) is 0 Å². The van der Waals surface area contributed by atoms with E-state index in [4.69, 9.17) is 5.73 Å². The van der Waals surface area contributed by atoms with Gasteiger partial charge in [-0.3, -0.25) is 0 Å². The zero-order valence-corrected chi connectivity index (χ0v) is 10.9. The molecule has 0 radical (unpaired) electrons. The van der Waals surface area contributed by atoms with Gasteiger partial charge in [-0.15, -0.1) is 0 Å². The van der Waals surface area contributed by atoms with Gasteiger partial charge in [-0.1, -0.05) is 6.42 Å². The average Bonchev–Trinajstić information content (AvgIpc) is 2.17. The molecule has 1 fully saturated rings. The highest BCUT2D eigenvalue weighted by Gasteiger charge is 2.20. The number of anilines is 2. The molecule has 0 heterocycles. The van der Waals surface area contributed by atoms with Gasteiger partial charge in [-0.2, -0.15) is 0 Å². The minimum absolute atomic E-state index is 0.260. The van der Waals surface area contributed by atoms with Gasteiger partial charge in [0.15, 0.2) is 0 Å². The Hall–Kier alpha value is -0.770. The fourth-order valence-electron chi connectivity index (χ4n) is 2.04. The summed E-state index contributed by atoms with van der Waals surface area (Å²) < 4.78 is 13.8. The first-order valence-electron chi connectivity index (χ1n) is 5.53. The van der Waals surface area contributed by atoms with Gasteiger partial charge in [0.2, 0.25) is 0 Å². The van der Waals surface area contributed by atoms with E-state index in [1.807, 2.05) is 7.05 Å². The molecule has 1 aromatic carbocycles. The summed E-state index contributed by atoms with van der Waals surface area (Å²) in [6.07, 6.45) is 3.88. The highest BCUT2D eigenvalue weighted by atomic mass is 79.9. The fourth-order valence-corrected chi connectivity index (χ4v) is 2.40. The Bertz CT molecular complexity index is 391. The molecule has 0 aliphatic heterocycles. The Morgan fingerprint density at radius 2 is 2.19 bits per heavy atom. The van der Waals surface area contributed by atoms with Gasteiger partial charge >= 0.3 is 0 Å². The summed E-state index contributed by atoms with van der Waals surface area (Å²) in [5.41, 5.74) is 7.29. The second-order valence-corrected chi connectivity index (χ2v) is 5.36. The summed E-state index contributed by atoms with van der Waals surface area (Å²) >= 11 is 3.13. The average molecular weight is 287 g/mol. The van der Waals surface area contributed by atoms with Crippen molar-refractivity contribution in [3.8, 4) is 0 Å². The fraction of sp³-hybridized carbons (Fsp3) is 0.500. The largest absolute Gasteiger partial charge is 0.397 e. The number of nitrogens with zero attached hydrogens (tertiary/aromatic N) is 1. The maximum absolute atomic E-state index is 13.4. The monoisotopic (exact) mass is 286 g/mol. The van der Waals surface area contributed by atoms with Gasteiger partial charge in [0.1, 0.15) is 5.82 Å². The molecule has 0 amide bonds. The van der Waals surface area contributed by atoms with E-state index in [9.17, 15) is 4.39 Å².